The molecule has 1 aliphatic rings. The van der Waals surface area contributed by atoms with Gasteiger partial charge in [0.1, 0.15) is 6.67 Å². The molecule has 0 radical (unpaired) electrons. The fraction of sp³-hybridized carbons (Fsp3) is 0.450. The van der Waals surface area contributed by atoms with E-state index in [0.29, 0.717) is 11.3 Å². The Morgan fingerprint density at radius 3 is 2.46 bits per heavy atom. The molecular weight excluding hydrogens is 389 g/mol. The summed E-state index contributed by atoms with van der Waals surface area (Å²) in [6.45, 7) is 4.71. The Kier molecular flexibility index (Phi) is 5.44. The summed E-state index contributed by atoms with van der Waals surface area (Å²) < 4.78 is 63.1. The summed E-state index contributed by atoms with van der Waals surface area (Å²) in [6, 6.07) is 7.65. The molecule has 1 N–H and O–H groups in total. The average molecular weight is 412 g/mol. The number of rotatable bonds is 7. The summed E-state index contributed by atoms with van der Waals surface area (Å²) in [4.78, 5) is 4.09. The second-order valence-electron chi connectivity index (χ2n) is 7.44. The molecule has 0 bridgehead atoms. The highest BCUT2D eigenvalue weighted by atomic mass is 32.2. The maximum Gasteiger partial charge on any atom is 0.341 e. The Labute approximate surface area is 163 Å². The molecule has 0 saturated heterocycles. The van der Waals surface area contributed by atoms with Gasteiger partial charge in [0.05, 0.1) is 10.6 Å². The number of pyridine rings is 1. The molecule has 0 spiro atoms. The minimum Gasteiger partial charge on any atom is -0.378 e. The Hall–Kier alpha value is -2.09. The van der Waals surface area contributed by atoms with Gasteiger partial charge in [-0.3, -0.25) is 9.37 Å². The summed E-state index contributed by atoms with van der Waals surface area (Å²) in [5, 5.41) is 3.27. The van der Waals surface area contributed by atoms with E-state index < -0.39 is 27.7 Å². The van der Waals surface area contributed by atoms with Crippen molar-refractivity contribution in [1.29, 1.82) is 0 Å². The first-order chi connectivity index (χ1) is 13.1. The van der Waals surface area contributed by atoms with Crippen LogP contribution in [0.1, 0.15) is 48.3 Å². The highest BCUT2D eigenvalue weighted by Gasteiger charge is 2.46. The van der Waals surface area contributed by atoms with Crippen molar-refractivity contribution in [3.8, 4) is 0 Å². The first-order valence-corrected chi connectivity index (χ1v) is 10.6. The van der Waals surface area contributed by atoms with Crippen LogP contribution >= 0.6 is 0 Å². The van der Waals surface area contributed by atoms with Crippen LogP contribution in [-0.4, -0.2) is 25.8 Å². The molecule has 152 valence electrons. The molecule has 1 aromatic heterocycles. The van der Waals surface area contributed by atoms with Crippen LogP contribution in [0.3, 0.4) is 0 Å². The van der Waals surface area contributed by atoms with Gasteiger partial charge in [-0.25, -0.2) is 8.42 Å². The first-order valence-electron chi connectivity index (χ1n) is 9.04. The molecule has 1 aromatic carbocycles. The van der Waals surface area contributed by atoms with E-state index >= 15 is 0 Å². The molecule has 1 fully saturated rings. The van der Waals surface area contributed by atoms with Crippen molar-refractivity contribution in [1.82, 2.24) is 4.98 Å². The van der Waals surface area contributed by atoms with Crippen molar-refractivity contribution in [3.05, 3.63) is 52.8 Å². The van der Waals surface area contributed by atoms with E-state index in [9.17, 15) is 21.6 Å². The number of sulfone groups is 1. The number of benzene rings is 1. The highest BCUT2D eigenvalue weighted by Crippen LogP contribution is 2.48. The van der Waals surface area contributed by atoms with E-state index in [1.165, 1.54) is 19.1 Å². The van der Waals surface area contributed by atoms with Gasteiger partial charge in [-0.15, -0.1) is 0 Å². The number of aromatic nitrogens is 1. The monoisotopic (exact) mass is 412 g/mol. The van der Waals surface area contributed by atoms with E-state index in [1.54, 1.807) is 6.07 Å². The van der Waals surface area contributed by atoms with Gasteiger partial charge < -0.3 is 5.32 Å². The number of halogens is 3. The smallest absolute Gasteiger partial charge is 0.341 e. The normalized spacial score (nSPS) is 16.8. The minimum absolute atomic E-state index is 0.288. The Bertz CT molecular complexity index is 989. The number of aryl methyl sites for hydroxylation is 1. The molecule has 1 atom stereocenters. The minimum atomic E-state index is -4.68. The topological polar surface area (TPSA) is 59.1 Å². The van der Waals surface area contributed by atoms with Crippen molar-refractivity contribution in [2.24, 2.45) is 0 Å². The molecule has 0 aliphatic heterocycles. The maximum absolute atomic E-state index is 13.4. The molecule has 1 heterocycles. The fourth-order valence-electron chi connectivity index (χ4n) is 3.47. The SMILES string of the molecule is Cc1cc(NC(C)c2cccc(S(=O)(=O)C(F)F)c2C)cc(C2(CF)CC2)n1. The van der Waals surface area contributed by atoms with Crippen LogP contribution in [0.15, 0.2) is 35.2 Å². The number of alkyl halides is 3. The molecule has 28 heavy (non-hydrogen) atoms. The van der Waals surface area contributed by atoms with E-state index in [1.807, 2.05) is 26.0 Å². The zero-order chi connectivity index (χ0) is 20.7. The zero-order valence-corrected chi connectivity index (χ0v) is 16.8. The van der Waals surface area contributed by atoms with Crippen molar-refractivity contribution in [2.45, 2.75) is 55.7 Å². The van der Waals surface area contributed by atoms with Gasteiger partial charge in [0.15, 0.2) is 0 Å². The summed E-state index contributed by atoms with van der Waals surface area (Å²) in [5.74, 6) is -3.47. The lowest BCUT2D eigenvalue weighted by Crippen LogP contribution is -2.16. The maximum atomic E-state index is 13.4. The third kappa shape index (κ3) is 3.74. The third-order valence-corrected chi connectivity index (χ3v) is 6.85. The molecule has 1 saturated carbocycles. The van der Waals surface area contributed by atoms with E-state index in [-0.39, 0.29) is 16.5 Å². The zero-order valence-electron chi connectivity index (χ0n) is 16.0. The van der Waals surface area contributed by atoms with Crippen LogP contribution in [0.4, 0.5) is 18.9 Å². The van der Waals surface area contributed by atoms with Crippen LogP contribution in [0.25, 0.3) is 0 Å². The number of nitrogens with one attached hydrogen (secondary N) is 1. The standard InChI is InChI=1S/C20H23F3N2O2S/c1-12-9-15(10-18(24-12)20(11-21)7-8-20)25-14(3)16-5-4-6-17(13(16)2)28(26,27)19(22)23/h4-6,9-10,14,19H,7-8,11H2,1-3H3,(H,24,25). The lowest BCUT2D eigenvalue weighted by molar-refractivity contribution is 0.234. The van der Waals surface area contributed by atoms with E-state index in [0.717, 1.165) is 24.2 Å². The summed E-state index contributed by atoms with van der Waals surface area (Å²) in [6.07, 6.45) is 1.53. The predicted molar refractivity (Wildman–Crippen MR) is 102 cm³/mol. The van der Waals surface area contributed by atoms with Crippen LogP contribution < -0.4 is 5.32 Å². The van der Waals surface area contributed by atoms with Gasteiger partial charge in [0.2, 0.25) is 9.84 Å². The quantitative estimate of drug-likeness (QED) is 0.705. The van der Waals surface area contributed by atoms with Gasteiger partial charge in [-0.1, -0.05) is 12.1 Å². The molecule has 4 nitrogen and oxygen atoms in total. The molecule has 1 aliphatic carbocycles. The van der Waals surface area contributed by atoms with Crippen LogP contribution in [-0.2, 0) is 15.3 Å². The summed E-state index contributed by atoms with van der Waals surface area (Å²) >= 11 is 0. The number of hydrogen-bond acceptors (Lipinski definition) is 4. The van der Waals surface area contributed by atoms with E-state index in [2.05, 4.69) is 10.3 Å². The van der Waals surface area contributed by atoms with Crippen molar-refractivity contribution >= 4 is 15.5 Å². The highest BCUT2D eigenvalue weighted by molar-refractivity contribution is 7.91. The Morgan fingerprint density at radius 2 is 1.89 bits per heavy atom. The van der Waals surface area contributed by atoms with Gasteiger partial charge in [-0.2, -0.15) is 8.78 Å². The molecular formula is C20H23F3N2O2S. The van der Waals surface area contributed by atoms with Gasteiger partial charge in [-0.05, 0) is 62.9 Å². The van der Waals surface area contributed by atoms with Crippen molar-refractivity contribution in [3.63, 3.8) is 0 Å². The van der Waals surface area contributed by atoms with Crippen LogP contribution in [0.5, 0.6) is 0 Å². The number of nitrogens with zero attached hydrogens (tertiary/aromatic N) is 1. The Balaban J connectivity index is 1.92. The number of hydrogen-bond donors (Lipinski definition) is 1. The largest absolute Gasteiger partial charge is 0.378 e. The second-order valence-corrected chi connectivity index (χ2v) is 9.32. The lowest BCUT2D eigenvalue weighted by atomic mass is 10.0. The fourth-order valence-corrected chi connectivity index (χ4v) is 4.47. The number of anilines is 1. The second kappa shape index (κ2) is 7.39. The molecule has 3 rings (SSSR count). The molecule has 0 amide bonds. The van der Waals surface area contributed by atoms with E-state index in [4.69, 9.17) is 0 Å². The Morgan fingerprint density at radius 1 is 1.21 bits per heavy atom. The summed E-state index contributed by atoms with van der Waals surface area (Å²) in [7, 11) is -4.68. The molecule has 2 aromatic rings. The predicted octanol–water partition coefficient (Wildman–Crippen LogP) is 4.87. The van der Waals surface area contributed by atoms with Crippen LogP contribution in [0, 0.1) is 13.8 Å². The lowest BCUT2D eigenvalue weighted by Gasteiger charge is -2.21. The van der Waals surface area contributed by atoms with Crippen molar-refractivity contribution in [2.75, 3.05) is 12.0 Å². The first kappa shape index (κ1) is 20.6. The van der Waals surface area contributed by atoms with Crippen molar-refractivity contribution < 1.29 is 21.6 Å². The molecule has 1 unspecified atom stereocenters. The summed E-state index contributed by atoms with van der Waals surface area (Å²) in [5.41, 5.74) is 2.58. The van der Waals surface area contributed by atoms with Gasteiger partial charge in [0.25, 0.3) is 0 Å². The van der Waals surface area contributed by atoms with Gasteiger partial charge >= 0.3 is 5.76 Å². The van der Waals surface area contributed by atoms with Crippen LogP contribution in [0.2, 0.25) is 0 Å². The molecule has 8 heteroatoms. The average Bonchev–Trinajstić information content (AvgIpc) is 3.42. The van der Waals surface area contributed by atoms with Gasteiger partial charge in [0, 0.05) is 22.8 Å². The third-order valence-electron chi connectivity index (χ3n) is 5.32.